The molecule has 8 nitrogen and oxygen atoms in total. The van der Waals surface area contributed by atoms with Gasteiger partial charge in [0.05, 0.1) is 28.8 Å². The van der Waals surface area contributed by atoms with Gasteiger partial charge >= 0.3 is 5.97 Å². The fourth-order valence-corrected chi connectivity index (χ4v) is 5.44. The van der Waals surface area contributed by atoms with Gasteiger partial charge in [0, 0.05) is 18.5 Å². The van der Waals surface area contributed by atoms with Gasteiger partial charge in [-0.2, -0.15) is 4.31 Å². The van der Waals surface area contributed by atoms with Crippen LogP contribution in [0, 0.1) is 0 Å². The number of nitrogens with zero attached hydrogens (tertiary/aromatic N) is 1. The van der Waals surface area contributed by atoms with Gasteiger partial charge < -0.3 is 13.9 Å². The lowest BCUT2D eigenvalue weighted by Gasteiger charge is -2.26. The molecule has 0 saturated carbocycles. The molecule has 0 radical (unpaired) electrons. The minimum Gasteiger partial charge on any atom is -0.454 e. The third kappa shape index (κ3) is 4.53. The molecule has 4 rings (SSSR count). The van der Waals surface area contributed by atoms with Crippen molar-refractivity contribution in [1.29, 1.82) is 0 Å². The summed E-state index contributed by atoms with van der Waals surface area (Å²) in [6.07, 6.45) is 0. The maximum atomic E-state index is 13.0. The molecule has 2 heterocycles. The van der Waals surface area contributed by atoms with Gasteiger partial charge in [-0.1, -0.05) is 41.4 Å². The number of sulfonamides is 1. The molecule has 1 fully saturated rings. The van der Waals surface area contributed by atoms with E-state index in [1.807, 2.05) is 0 Å². The third-order valence-corrected chi connectivity index (χ3v) is 7.54. The molecule has 168 valence electrons. The Bertz CT molecular complexity index is 1260. The van der Waals surface area contributed by atoms with E-state index in [4.69, 9.17) is 37.1 Å². The number of furan rings is 1. The SMILES string of the molecule is O=C(COC(=O)c1cc(S(=O)(=O)N2CCOCC2)c(Cl)cc1Cl)c1cc2ccccc2o1. The first-order chi connectivity index (χ1) is 15.3. The summed E-state index contributed by atoms with van der Waals surface area (Å²) in [6, 6.07) is 10.8. The average Bonchev–Trinajstić information content (AvgIpc) is 3.22. The Labute approximate surface area is 193 Å². The smallest absolute Gasteiger partial charge is 0.340 e. The highest BCUT2D eigenvalue weighted by molar-refractivity contribution is 7.89. The maximum absolute atomic E-state index is 13.0. The Morgan fingerprint density at radius 3 is 2.47 bits per heavy atom. The number of ether oxygens (including phenoxy) is 2. The summed E-state index contributed by atoms with van der Waals surface area (Å²) in [6.45, 7) is 0.218. The predicted molar refractivity (Wildman–Crippen MR) is 117 cm³/mol. The number of morpholine rings is 1. The van der Waals surface area contributed by atoms with Crippen LogP contribution >= 0.6 is 23.2 Å². The minimum atomic E-state index is -3.98. The second-order valence-electron chi connectivity index (χ2n) is 6.93. The van der Waals surface area contributed by atoms with E-state index in [-0.39, 0.29) is 52.6 Å². The van der Waals surface area contributed by atoms with Gasteiger partial charge in [-0.25, -0.2) is 13.2 Å². The molecule has 11 heteroatoms. The summed E-state index contributed by atoms with van der Waals surface area (Å²) < 4.78 is 42.8. The topological polar surface area (TPSA) is 103 Å². The van der Waals surface area contributed by atoms with Crippen molar-refractivity contribution in [3.8, 4) is 0 Å². The molecule has 1 aliphatic rings. The van der Waals surface area contributed by atoms with Gasteiger partial charge in [0.2, 0.25) is 15.8 Å². The lowest BCUT2D eigenvalue weighted by Crippen LogP contribution is -2.40. The van der Waals surface area contributed by atoms with Crippen molar-refractivity contribution in [3.63, 3.8) is 0 Å². The van der Waals surface area contributed by atoms with Crippen molar-refractivity contribution in [1.82, 2.24) is 4.31 Å². The molecule has 1 saturated heterocycles. The van der Waals surface area contributed by atoms with Crippen LogP contribution in [-0.2, 0) is 19.5 Å². The molecule has 1 aliphatic heterocycles. The van der Waals surface area contributed by atoms with Crippen LogP contribution in [0.5, 0.6) is 0 Å². The molecular formula is C21H17Cl2NO7S. The number of fused-ring (bicyclic) bond motifs is 1. The first-order valence-electron chi connectivity index (χ1n) is 9.53. The summed E-state index contributed by atoms with van der Waals surface area (Å²) in [5.41, 5.74) is 0.307. The highest BCUT2D eigenvalue weighted by Gasteiger charge is 2.30. The van der Waals surface area contributed by atoms with E-state index in [1.54, 1.807) is 30.3 Å². The molecule has 0 N–H and O–H groups in total. The van der Waals surface area contributed by atoms with Gasteiger partial charge in [0.15, 0.2) is 12.4 Å². The maximum Gasteiger partial charge on any atom is 0.340 e. The number of benzene rings is 2. The van der Waals surface area contributed by atoms with Crippen molar-refractivity contribution in [2.45, 2.75) is 4.90 Å². The molecule has 2 aromatic carbocycles. The lowest BCUT2D eigenvalue weighted by atomic mass is 10.2. The van der Waals surface area contributed by atoms with Gasteiger partial charge in [0.1, 0.15) is 10.5 Å². The van der Waals surface area contributed by atoms with Gasteiger partial charge in [-0.15, -0.1) is 0 Å². The molecule has 1 aromatic heterocycles. The Morgan fingerprint density at radius 1 is 1.03 bits per heavy atom. The van der Waals surface area contributed by atoms with Crippen molar-refractivity contribution < 1.29 is 31.9 Å². The number of ketones is 1. The van der Waals surface area contributed by atoms with Crippen LogP contribution in [-0.4, -0.2) is 57.4 Å². The van der Waals surface area contributed by atoms with Crippen molar-refractivity contribution >= 4 is 55.9 Å². The van der Waals surface area contributed by atoms with Crippen LogP contribution in [0.2, 0.25) is 10.0 Å². The van der Waals surface area contributed by atoms with Gasteiger partial charge in [0.25, 0.3) is 0 Å². The van der Waals surface area contributed by atoms with E-state index in [9.17, 15) is 18.0 Å². The van der Waals surface area contributed by atoms with Crippen LogP contribution in [0.1, 0.15) is 20.9 Å². The number of hydrogen-bond donors (Lipinski definition) is 0. The van der Waals surface area contributed by atoms with Crippen LogP contribution in [0.25, 0.3) is 11.0 Å². The monoisotopic (exact) mass is 497 g/mol. The Hall–Kier alpha value is -2.43. The number of para-hydroxylation sites is 1. The van der Waals surface area contributed by atoms with E-state index in [2.05, 4.69) is 0 Å². The van der Waals surface area contributed by atoms with E-state index < -0.39 is 28.4 Å². The second kappa shape index (κ2) is 9.21. The van der Waals surface area contributed by atoms with Crippen molar-refractivity contribution in [3.05, 3.63) is 63.8 Å². The highest BCUT2D eigenvalue weighted by atomic mass is 35.5. The first-order valence-corrected chi connectivity index (χ1v) is 11.7. The number of esters is 1. The van der Waals surface area contributed by atoms with E-state index in [1.165, 1.54) is 4.31 Å². The predicted octanol–water partition coefficient (Wildman–Crippen LogP) is 3.80. The summed E-state index contributed by atoms with van der Waals surface area (Å²) in [5, 5.41) is 0.509. The molecule has 0 atom stereocenters. The fourth-order valence-electron chi connectivity index (χ4n) is 3.21. The standard InChI is InChI=1S/C21H17Cl2NO7S/c22-15-11-16(23)20(32(27,28)24-5-7-29-8-6-24)10-14(15)21(26)30-12-17(25)19-9-13-3-1-2-4-18(13)31-19/h1-4,9-11H,5-8,12H2. The number of carbonyl (C=O) groups is 2. The summed E-state index contributed by atoms with van der Waals surface area (Å²) >= 11 is 12.2. The highest BCUT2D eigenvalue weighted by Crippen LogP contribution is 2.31. The minimum absolute atomic E-state index is 0.0387. The van der Waals surface area contributed by atoms with Crippen LogP contribution in [0.15, 0.2) is 51.8 Å². The number of carbonyl (C=O) groups excluding carboxylic acids is 2. The third-order valence-electron chi connectivity index (χ3n) is 4.86. The zero-order chi connectivity index (χ0) is 22.9. The zero-order valence-corrected chi connectivity index (χ0v) is 18.9. The number of hydrogen-bond acceptors (Lipinski definition) is 7. The van der Waals surface area contributed by atoms with E-state index in [0.717, 1.165) is 17.5 Å². The number of Topliss-reactive ketones (excluding diaryl/α,β-unsaturated/α-hetero) is 1. The number of halogens is 2. The van der Waals surface area contributed by atoms with Gasteiger partial charge in [-0.05, 0) is 24.3 Å². The van der Waals surface area contributed by atoms with Crippen LogP contribution < -0.4 is 0 Å². The summed E-state index contributed by atoms with van der Waals surface area (Å²) in [7, 11) is -3.98. The normalized spacial score (nSPS) is 15.1. The fraction of sp³-hybridized carbons (Fsp3) is 0.238. The van der Waals surface area contributed by atoms with E-state index in [0.29, 0.717) is 5.58 Å². The molecule has 0 amide bonds. The Morgan fingerprint density at radius 2 is 1.75 bits per heavy atom. The van der Waals surface area contributed by atoms with E-state index >= 15 is 0 Å². The van der Waals surface area contributed by atoms with Crippen molar-refractivity contribution in [2.24, 2.45) is 0 Å². The van der Waals surface area contributed by atoms with Crippen molar-refractivity contribution in [2.75, 3.05) is 32.9 Å². The molecule has 0 aliphatic carbocycles. The molecule has 0 unspecified atom stereocenters. The molecule has 0 bridgehead atoms. The summed E-state index contributed by atoms with van der Waals surface area (Å²) in [5.74, 6) is -1.48. The molecule has 3 aromatic rings. The Kier molecular flexibility index (Phi) is 6.55. The average molecular weight is 498 g/mol. The quantitative estimate of drug-likeness (QED) is 0.376. The van der Waals surface area contributed by atoms with Crippen LogP contribution in [0.4, 0.5) is 0 Å². The Balaban J connectivity index is 1.53. The van der Waals surface area contributed by atoms with Gasteiger partial charge in [-0.3, -0.25) is 4.79 Å². The molecular weight excluding hydrogens is 481 g/mol. The molecule has 0 spiro atoms. The summed E-state index contributed by atoms with van der Waals surface area (Å²) in [4.78, 5) is 24.7. The lowest BCUT2D eigenvalue weighted by molar-refractivity contribution is 0.0468. The zero-order valence-electron chi connectivity index (χ0n) is 16.5. The van der Waals surface area contributed by atoms with Crippen LogP contribution in [0.3, 0.4) is 0 Å². The second-order valence-corrected chi connectivity index (χ2v) is 9.65. The molecule has 32 heavy (non-hydrogen) atoms. The number of rotatable bonds is 6. The largest absolute Gasteiger partial charge is 0.454 e. The first kappa shape index (κ1) is 22.8.